The highest BCUT2D eigenvalue weighted by Crippen LogP contribution is 2.45. The van der Waals surface area contributed by atoms with Crippen LogP contribution >= 0.6 is 23.2 Å². The Kier molecular flexibility index (Phi) is 6.57. The minimum atomic E-state index is -0.735. The van der Waals surface area contributed by atoms with E-state index in [1.165, 1.54) is 0 Å². The molecule has 160 valence electrons. The van der Waals surface area contributed by atoms with Gasteiger partial charge in [0.25, 0.3) is 0 Å². The normalized spacial score (nSPS) is 19.2. The fourth-order valence-electron chi connectivity index (χ4n) is 4.36. The van der Waals surface area contributed by atoms with Crippen LogP contribution in [0, 0.1) is 11.8 Å². The second-order valence-corrected chi connectivity index (χ2v) is 9.43. The van der Waals surface area contributed by atoms with E-state index in [4.69, 9.17) is 27.9 Å². The molecule has 0 radical (unpaired) electrons. The van der Waals surface area contributed by atoms with E-state index in [1.807, 2.05) is 42.5 Å². The van der Waals surface area contributed by atoms with Crippen LogP contribution in [0.15, 0.2) is 42.5 Å². The molecule has 1 heterocycles. The van der Waals surface area contributed by atoms with E-state index in [0.29, 0.717) is 23.5 Å². The largest absolute Gasteiger partial charge is 0.493 e. The molecule has 2 aromatic rings. The van der Waals surface area contributed by atoms with E-state index in [-0.39, 0.29) is 18.4 Å². The molecule has 4 rings (SSSR count). The molecule has 2 aromatic carbocycles. The van der Waals surface area contributed by atoms with Gasteiger partial charge in [-0.05, 0) is 73.1 Å². The highest BCUT2D eigenvalue weighted by molar-refractivity contribution is 6.33. The van der Waals surface area contributed by atoms with Crippen LogP contribution in [0.3, 0.4) is 0 Å². The average molecular weight is 448 g/mol. The lowest BCUT2D eigenvalue weighted by molar-refractivity contribution is -0.137. The Morgan fingerprint density at radius 2 is 1.97 bits per heavy atom. The minimum Gasteiger partial charge on any atom is -0.493 e. The van der Waals surface area contributed by atoms with E-state index in [2.05, 4.69) is 11.8 Å². The first-order valence-corrected chi connectivity index (χ1v) is 11.3. The molecule has 0 aromatic heterocycles. The van der Waals surface area contributed by atoms with Gasteiger partial charge in [0.1, 0.15) is 5.75 Å². The lowest BCUT2D eigenvalue weighted by Crippen LogP contribution is -2.50. The van der Waals surface area contributed by atoms with Crippen molar-refractivity contribution in [1.82, 2.24) is 4.90 Å². The summed E-state index contributed by atoms with van der Waals surface area (Å²) in [5.74, 6) is 1.15. The van der Waals surface area contributed by atoms with Crippen molar-refractivity contribution in [3.05, 3.63) is 63.6 Å². The smallest absolute Gasteiger partial charge is 0.303 e. The zero-order valence-electron chi connectivity index (χ0n) is 17.1. The summed E-state index contributed by atoms with van der Waals surface area (Å²) in [7, 11) is 0. The zero-order valence-corrected chi connectivity index (χ0v) is 18.6. The molecule has 1 unspecified atom stereocenters. The Labute approximate surface area is 187 Å². The Morgan fingerprint density at radius 3 is 2.67 bits per heavy atom. The molecule has 2 fully saturated rings. The molecule has 1 aliphatic heterocycles. The number of rotatable bonds is 9. The topological polar surface area (TPSA) is 49.8 Å². The van der Waals surface area contributed by atoms with Crippen LogP contribution in [0.5, 0.6) is 5.75 Å². The number of nitrogens with zero attached hydrogens (tertiary/aromatic N) is 1. The number of halogens is 2. The molecule has 4 nitrogen and oxygen atoms in total. The number of hydrogen-bond donors (Lipinski definition) is 1. The highest BCUT2D eigenvalue weighted by atomic mass is 35.5. The highest BCUT2D eigenvalue weighted by Gasteiger charge is 2.34. The Bertz CT molecular complexity index is 909. The van der Waals surface area contributed by atoms with E-state index < -0.39 is 5.97 Å². The standard InChI is InChI=1S/C24H27Cl2NO3/c1-15(21-10-19(25)7-8-23(21)26)27-12-16(13-27)14-30-20-4-2-3-18(9-20)22(11-24(28)29)17-5-6-17/h2-4,7-10,15-17,22H,5-6,11-14H2,1H3,(H,28,29)/t15?,22-/m0/s1. The average Bonchev–Trinajstić information content (AvgIpc) is 3.52. The van der Waals surface area contributed by atoms with Crippen molar-refractivity contribution in [3.63, 3.8) is 0 Å². The molecule has 1 saturated carbocycles. The van der Waals surface area contributed by atoms with Crippen molar-refractivity contribution in [3.8, 4) is 5.75 Å². The Balaban J connectivity index is 1.30. The summed E-state index contributed by atoms with van der Waals surface area (Å²) in [5.41, 5.74) is 2.14. The summed E-state index contributed by atoms with van der Waals surface area (Å²) in [6, 6.07) is 13.8. The van der Waals surface area contributed by atoms with Crippen molar-refractivity contribution in [2.24, 2.45) is 11.8 Å². The minimum absolute atomic E-state index is 0.0912. The summed E-state index contributed by atoms with van der Waals surface area (Å²) >= 11 is 12.5. The van der Waals surface area contributed by atoms with Crippen LogP contribution in [0.1, 0.15) is 49.3 Å². The molecule has 0 bridgehead atoms. The third kappa shape index (κ3) is 5.11. The van der Waals surface area contributed by atoms with Crippen LogP contribution in [0.2, 0.25) is 10.0 Å². The van der Waals surface area contributed by atoms with Crippen molar-refractivity contribution in [1.29, 1.82) is 0 Å². The van der Waals surface area contributed by atoms with Crippen molar-refractivity contribution >= 4 is 29.2 Å². The summed E-state index contributed by atoms with van der Waals surface area (Å²) in [6.07, 6.45) is 2.43. The van der Waals surface area contributed by atoms with Gasteiger partial charge in [0.05, 0.1) is 13.0 Å². The molecular weight excluding hydrogens is 421 g/mol. The third-order valence-electron chi connectivity index (χ3n) is 6.30. The number of ether oxygens (including phenoxy) is 1. The Morgan fingerprint density at radius 1 is 1.20 bits per heavy atom. The van der Waals surface area contributed by atoms with Crippen LogP contribution in [-0.2, 0) is 4.79 Å². The first kappa shape index (κ1) is 21.5. The van der Waals surface area contributed by atoms with Gasteiger partial charge in [0, 0.05) is 35.1 Å². The first-order chi connectivity index (χ1) is 14.4. The fraction of sp³-hybridized carbons (Fsp3) is 0.458. The van der Waals surface area contributed by atoms with Gasteiger partial charge in [-0.2, -0.15) is 0 Å². The molecule has 0 spiro atoms. The maximum atomic E-state index is 11.2. The van der Waals surface area contributed by atoms with Crippen molar-refractivity contribution in [2.75, 3.05) is 19.7 Å². The predicted octanol–water partition coefficient (Wildman–Crippen LogP) is 6.03. The molecule has 30 heavy (non-hydrogen) atoms. The molecule has 2 aliphatic rings. The maximum Gasteiger partial charge on any atom is 0.303 e. The van der Waals surface area contributed by atoms with E-state index >= 15 is 0 Å². The number of carboxylic acid groups (broad SMARTS) is 1. The van der Waals surface area contributed by atoms with Crippen molar-refractivity contribution < 1.29 is 14.6 Å². The molecule has 0 amide bonds. The fourth-order valence-corrected chi connectivity index (χ4v) is 4.81. The lowest BCUT2D eigenvalue weighted by Gasteiger charge is -2.43. The second kappa shape index (κ2) is 9.17. The van der Waals surface area contributed by atoms with Gasteiger partial charge in [-0.15, -0.1) is 0 Å². The molecule has 1 N–H and O–H groups in total. The summed E-state index contributed by atoms with van der Waals surface area (Å²) in [5, 5.41) is 10.7. The SMILES string of the molecule is CC(c1cc(Cl)ccc1Cl)N1CC(COc2cccc([C@@H](CC(=O)O)C3CC3)c2)C1. The molecule has 2 atom stereocenters. The summed E-state index contributed by atoms with van der Waals surface area (Å²) in [4.78, 5) is 13.6. The lowest BCUT2D eigenvalue weighted by atomic mass is 9.91. The van der Waals surface area contributed by atoms with Gasteiger partial charge in [0.2, 0.25) is 0 Å². The van der Waals surface area contributed by atoms with Crippen LogP contribution < -0.4 is 4.74 Å². The molecule has 1 saturated heterocycles. The monoisotopic (exact) mass is 447 g/mol. The van der Waals surface area contributed by atoms with Crippen molar-refractivity contribution in [2.45, 2.75) is 38.1 Å². The van der Waals surface area contributed by atoms with E-state index in [0.717, 1.165) is 47.8 Å². The molecular formula is C24H27Cl2NO3. The number of carboxylic acids is 1. The maximum absolute atomic E-state index is 11.2. The zero-order chi connectivity index (χ0) is 21.3. The number of aliphatic carboxylic acids is 1. The van der Waals surface area contributed by atoms with Crippen LogP contribution in [-0.4, -0.2) is 35.7 Å². The number of carbonyl (C=O) groups is 1. The third-order valence-corrected chi connectivity index (χ3v) is 6.88. The van der Waals surface area contributed by atoms with E-state index in [1.54, 1.807) is 0 Å². The number of likely N-dealkylation sites (tertiary alicyclic amines) is 1. The van der Waals surface area contributed by atoms with E-state index in [9.17, 15) is 9.90 Å². The summed E-state index contributed by atoms with van der Waals surface area (Å²) in [6.45, 7) is 4.71. The number of benzene rings is 2. The molecule has 1 aliphatic carbocycles. The summed E-state index contributed by atoms with van der Waals surface area (Å²) < 4.78 is 6.06. The van der Waals surface area contributed by atoms with Gasteiger partial charge in [-0.25, -0.2) is 0 Å². The van der Waals surface area contributed by atoms with Crippen LogP contribution in [0.4, 0.5) is 0 Å². The van der Waals surface area contributed by atoms with Crippen LogP contribution in [0.25, 0.3) is 0 Å². The van der Waals surface area contributed by atoms with Gasteiger partial charge < -0.3 is 9.84 Å². The van der Waals surface area contributed by atoms with Gasteiger partial charge in [-0.3, -0.25) is 9.69 Å². The predicted molar refractivity (Wildman–Crippen MR) is 120 cm³/mol. The van der Waals surface area contributed by atoms with Gasteiger partial charge in [-0.1, -0.05) is 35.3 Å². The Hall–Kier alpha value is -1.75. The number of hydrogen-bond acceptors (Lipinski definition) is 3. The van der Waals surface area contributed by atoms with Gasteiger partial charge in [0.15, 0.2) is 0 Å². The quantitative estimate of drug-likeness (QED) is 0.509. The van der Waals surface area contributed by atoms with Gasteiger partial charge >= 0.3 is 5.97 Å². The first-order valence-electron chi connectivity index (χ1n) is 10.5. The molecule has 6 heteroatoms. The second-order valence-electron chi connectivity index (χ2n) is 8.59.